The summed E-state index contributed by atoms with van der Waals surface area (Å²) in [5, 5.41) is 8.26. The van der Waals surface area contributed by atoms with E-state index in [-0.39, 0.29) is 0 Å². The Hall–Kier alpha value is -1.48. The number of halogens is 1. The molecule has 0 aliphatic carbocycles. The summed E-state index contributed by atoms with van der Waals surface area (Å²) in [6, 6.07) is 7.70. The summed E-state index contributed by atoms with van der Waals surface area (Å²) in [7, 11) is 0. The van der Waals surface area contributed by atoms with Crippen LogP contribution in [0.3, 0.4) is 0 Å². The van der Waals surface area contributed by atoms with Crippen LogP contribution >= 0.6 is 11.6 Å². The van der Waals surface area contributed by atoms with Crippen LogP contribution in [0, 0.1) is 0 Å². The predicted octanol–water partition coefficient (Wildman–Crippen LogP) is 3.17. The van der Waals surface area contributed by atoms with Gasteiger partial charge in [-0.1, -0.05) is 17.7 Å². The van der Waals surface area contributed by atoms with Crippen molar-refractivity contribution in [3.63, 3.8) is 0 Å². The monoisotopic (exact) mass is 235 g/mol. The van der Waals surface area contributed by atoms with E-state index >= 15 is 0 Å². The topological polar surface area (TPSA) is 29.9 Å². The van der Waals surface area contributed by atoms with Gasteiger partial charge in [-0.15, -0.1) is 0 Å². The van der Waals surface area contributed by atoms with Crippen molar-refractivity contribution in [3.05, 3.63) is 47.2 Å². The lowest BCUT2D eigenvalue weighted by Gasteiger charge is -2.04. The van der Waals surface area contributed by atoms with Crippen LogP contribution in [0.1, 0.15) is 12.5 Å². The molecule has 1 heterocycles. The molecule has 4 heteroatoms. The van der Waals surface area contributed by atoms with Crippen molar-refractivity contribution < 1.29 is 0 Å². The maximum atomic E-state index is 5.90. The number of benzene rings is 1. The Labute approximate surface area is 100 Å². The van der Waals surface area contributed by atoms with Gasteiger partial charge in [-0.25, -0.2) is 0 Å². The van der Waals surface area contributed by atoms with Gasteiger partial charge in [0.25, 0.3) is 0 Å². The van der Waals surface area contributed by atoms with Crippen molar-refractivity contribution >= 4 is 17.3 Å². The summed E-state index contributed by atoms with van der Waals surface area (Å²) in [6.07, 6.45) is 3.92. The number of aromatic nitrogens is 2. The molecular weight excluding hydrogens is 222 g/mol. The van der Waals surface area contributed by atoms with Crippen LogP contribution in [0.5, 0.6) is 0 Å². The Morgan fingerprint density at radius 3 is 3.00 bits per heavy atom. The van der Waals surface area contributed by atoms with Crippen LogP contribution in [-0.2, 0) is 13.1 Å². The Morgan fingerprint density at radius 1 is 1.44 bits per heavy atom. The van der Waals surface area contributed by atoms with Gasteiger partial charge < -0.3 is 5.32 Å². The summed E-state index contributed by atoms with van der Waals surface area (Å²) in [5.74, 6) is 0. The fourth-order valence-corrected chi connectivity index (χ4v) is 1.66. The van der Waals surface area contributed by atoms with Crippen LogP contribution < -0.4 is 5.32 Å². The maximum absolute atomic E-state index is 5.90. The van der Waals surface area contributed by atoms with Crippen LogP contribution in [0.25, 0.3) is 0 Å². The molecule has 84 valence electrons. The van der Waals surface area contributed by atoms with Crippen LogP contribution in [0.4, 0.5) is 5.69 Å². The Kier molecular flexibility index (Phi) is 3.47. The summed E-state index contributed by atoms with van der Waals surface area (Å²) < 4.78 is 1.91. The molecule has 1 aromatic heterocycles. The van der Waals surface area contributed by atoms with E-state index in [1.165, 1.54) is 5.56 Å². The molecule has 0 saturated heterocycles. The number of rotatable bonds is 4. The van der Waals surface area contributed by atoms with E-state index in [2.05, 4.69) is 17.3 Å². The molecule has 0 aliphatic rings. The minimum absolute atomic E-state index is 0.745. The third-order valence-electron chi connectivity index (χ3n) is 2.33. The molecule has 0 saturated carbocycles. The molecule has 1 aromatic carbocycles. The Balaban J connectivity index is 1.96. The minimum atomic E-state index is 0.745. The van der Waals surface area contributed by atoms with E-state index in [9.17, 15) is 0 Å². The van der Waals surface area contributed by atoms with E-state index in [0.29, 0.717) is 0 Å². The van der Waals surface area contributed by atoms with Crippen molar-refractivity contribution in [2.24, 2.45) is 0 Å². The SMILES string of the molecule is CCn1cc(CNc2cccc(Cl)c2)cn1. The first-order valence-electron chi connectivity index (χ1n) is 5.28. The van der Waals surface area contributed by atoms with Gasteiger partial charge in [0.05, 0.1) is 6.20 Å². The van der Waals surface area contributed by atoms with E-state index in [0.717, 1.165) is 23.8 Å². The molecule has 0 bridgehead atoms. The summed E-state index contributed by atoms with van der Waals surface area (Å²) in [6.45, 7) is 3.73. The highest BCUT2D eigenvalue weighted by atomic mass is 35.5. The second-order valence-electron chi connectivity index (χ2n) is 3.57. The smallest absolute Gasteiger partial charge is 0.0539 e. The zero-order chi connectivity index (χ0) is 11.4. The predicted molar refractivity (Wildman–Crippen MR) is 66.7 cm³/mol. The van der Waals surface area contributed by atoms with Crippen LogP contribution in [0.15, 0.2) is 36.7 Å². The minimum Gasteiger partial charge on any atom is -0.381 e. The van der Waals surface area contributed by atoms with Crippen molar-refractivity contribution in [2.45, 2.75) is 20.0 Å². The molecule has 0 radical (unpaired) electrons. The highest BCUT2D eigenvalue weighted by Crippen LogP contribution is 2.15. The molecule has 3 nitrogen and oxygen atoms in total. The van der Waals surface area contributed by atoms with Gasteiger partial charge in [0.15, 0.2) is 0 Å². The zero-order valence-electron chi connectivity index (χ0n) is 9.15. The van der Waals surface area contributed by atoms with Crippen molar-refractivity contribution in [1.82, 2.24) is 9.78 Å². The lowest BCUT2D eigenvalue weighted by atomic mass is 10.3. The van der Waals surface area contributed by atoms with Gasteiger partial charge in [0, 0.05) is 35.6 Å². The largest absolute Gasteiger partial charge is 0.381 e. The van der Waals surface area contributed by atoms with Crippen LogP contribution in [-0.4, -0.2) is 9.78 Å². The van der Waals surface area contributed by atoms with E-state index in [1.54, 1.807) is 0 Å². The van der Waals surface area contributed by atoms with Gasteiger partial charge in [0.1, 0.15) is 0 Å². The van der Waals surface area contributed by atoms with Gasteiger partial charge >= 0.3 is 0 Å². The molecule has 16 heavy (non-hydrogen) atoms. The van der Waals surface area contributed by atoms with Crippen LogP contribution in [0.2, 0.25) is 5.02 Å². The molecule has 0 amide bonds. The first-order valence-corrected chi connectivity index (χ1v) is 5.66. The molecule has 0 spiro atoms. The number of aryl methyl sites for hydroxylation is 1. The molecule has 0 atom stereocenters. The second-order valence-corrected chi connectivity index (χ2v) is 4.00. The molecule has 2 aromatic rings. The number of nitrogens with zero attached hydrogens (tertiary/aromatic N) is 2. The average Bonchev–Trinajstić information content (AvgIpc) is 2.74. The summed E-state index contributed by atoms with van der Waals surface area (Å²) >= 11 is 5.90. The van der Waals surface area contributed by atoms with Gasteiger partial charge in [-0.2, -0.15) is 5.10 Å². The van der Waals surface area contributed by atoms with Gasteiger partial charge in [-0.3, -0.25) is 4.68 Å². The maximum Gasteiger partial charge on any atom is 0.0539 e. The molecule has 0 fully saturated rings. The first-order chi connectivity index (χ1) is 7.78. The zero-order valence-corrected chi connectivity index (χ0v) is 9.91. The average molecular weight is 236 g/mol. The van der Waals surface area contributed by atoms with E-state index in [4.69, 9.17) is 11.6 Å². The van der Waals surface area contributed by atoms with E-state index < -0.39 is 0 Å². The molecule has 2 rings (SSSR count). The molecule has 0 aliphatic heterocycles. The fraction of sp³-hybridized carbons (Fsp3) is 0.250. The highest BCUT2D eigenvalue weighted by molar-refractivity contribution is 6.30. The normalized spacial score (nSPS) is 10.4. The number of nitrogens with one attached hydrogen (secondary N) is 1. The second kappa shape index (κ2) is 5.03. The van der Waals surface area contributed by atoms with Gasteiger partial charge in [-0.05, 0) is 25.1 Å². The number of hydrogen-bond donors (Lipinski definition) is 1. The fourth-order valence-electron chi connectivity index (χ4n) is 1.47. The number of anilines is 1. The third kappa shape index (κ3) is 2.76. The number of hydrogen-bond acceptors (Lipinski definition) is 2. The Morgan fingerprint density at radius 2 is 2.31 bits per heavy atom. The summed E-state index contributed by atoms with van der Waals surface area (Å²) in [4.78, 5) is 0. The third-order valence-corrected chi connectivity index (χ3v) is 2.57. The quantitative estimate of drug-likeness (QED) is 0.882. The first kappa shape index (κ1) is 11.0. The van der Waals surface area contributed by atoms with Crippen molar-refractivity contribution in [2.75, 3.05) is 5.32 Å². The lowest BCUT2D eigenvalue weighted by molar-refractivity contribution is 0.659. The molecular formula is C12H14ClN3. The standard InChI is InChI=1S/C12H14ClN3/c1-2-16-9-10(8-15-16)7-14-12-5-3-4-11(13)6-12/h3-6,8-9,14H,2,7H2,1H3. The van der Waals surface area contributed by atoms with E-state index in [1.807, 2.05) is 41.3 Å². The van der Waals surface area contributed by atoms with Crippen molar-refractivity contribution in [1.29, 1.82) is 0 Å². The lowest BCUT2D eigenvalue weighted by Crippen LogP contribution is -1.98. The molecule has 0 unspecified atom stereocenters. The van der Waals surface area contributed by atoms with Gasteiger partial charge in [0.2, 0.25) is 0 Å². The summed E-state index contributed by atoms with van der Waals surface area (Å²) in [5.41, 5.74) is 2.19. The highest BCUT2D eigenvalue weighted by Gasteiger charge is 1.97. The molecule has 1 N–H and O–H groups in total. The van der Waals surface area contributed by atoms with Crippen molar-refractivity contribution in [3.8, 4) is 0 Å². The Bertz CT molecular complexity index is 465.